The summed E-state index contributed by atoms with van der Waals surface area (Å²) in [6.45, 7) is 1.08. The van der Waals surface area contributed by atoms with Gasteiger partial charge in [-0.3, -0.25) is 9.59 Å². The first kappa shape index (κ1) is 19.0. The normalized spacial score (nSPS) is 21.1. The molecule has 1 aliphatic heterocycles. The quantitative estimate of drug-likeness (QED) is 0.806. The molecule has 28 heavy (non-hydrogen) atoms. The second-order valence-electron chi connectivity index (χ2n) is 7.82. The average molecular weight is 399 g/mol. The summed E-state index contributed by atoms with van der Waals surface area (Å²) >= 11 is 1.71. The van der Waals surface area contributed by atoms with Gasteiger partial charge >= 0.3 is 0 Å². The molecular formula is C22H26N2O3S. The van der Waals surface area contributed by atoms with E-state index in [-0.39, 0.29) is 29.6 Å². The first-order chi connectivity index (χ1) is 13.6. The molecule has 0 spiro atoms. The fourth-order valence-electron chi connectivity index (χ4n) is 4.50. The molecule has 1 unspecified atom stereocenters. The second kappa shape index (κ2) is 7.95. The van der Waals surface area contributed by atoms with Crippen LogP contribution in [0.3, 0.4) is 0 Å². The van der Waals surface area contributed by atoms with Crippen molar-refractivity contribution >= 4 is 28.8 Å². The Morgan fingerprint density at radius 1 is 1.32 bits per heavy atom. The van der Waals surface area contributed by atoms with Gasteiger partial charge in [0.1, 0.15) is 5.75 Å². The third-order valence-electron chi connectivity index (χ3n) is 6.16. The van der Waals surface area contributed by atoms with E-state index in [2.05, 4.69) is 22.1 Å². The molecule has 1 atom stereocenters. The number of thiophene rings is 1. The lowest BCUT2D eigenvalue weighted by Crippen LogP contribution is -2.42. The zero-order valence-corrected chi connectivity index (χ0v) is 17.0. The van der Waals surface area contributed by atoms with E-state index in [9.17, 15) is 9.59 Å². The lowest BCUT2D eigenvalue weighted by atomic mass is 9.80. The van der Waals surface area contributed by atoms with Crippen LogP contribution < -0.4 is 15.0 Å². The van der Waals surface area contributed by atoms with Crippen LogP contribution in [0.4, 0.5) is 5.69 Å². The number of carbonyl (C=O) groups excluding carboxylic acids is 2. The number of hydrogen-bond donors (Lipinski definition) is 1. The van der Waals surface area contributed by atoms with Crippen LogP contribution in [0.2, 0.25) is 0 Å². The fraction of sp³-hybridized carbons (Fsp3) is 0.455. The standard InChI is InChI=1S/C22H26N2O3S/c1-27-19-6-4-5-18(12-19)24-13-16(11-20(24)25)21(26)23-15-22(8-2-3-9-22)17-7-10-28-14-17/h4-7,10,12,14,16H,2-3,8-9,11,13,15H2,1H3,(H,23,26). The third-order valence-corrected chi connectivity index (χ3v) is 6.84. The SMILES string of the molecule is COc1cccc(N2CC(C(=O)NCC3(c4ccsc4)CCCC3)CC2=O)c1. The third kappa shape index (κ3) is 3.65. The van der Waals surface area contributed by atoms with Gasteiger partial charge in [-0.25, -0.2) is 0 Å². The van der Waals surface area contributed by atoms with Crippen LogP contribution in [0.15, 0.2) is 41.1 Å². The maximum Gasteiger partial charge on any atom is 0.227 e. The molecule has 1 N–H and O–H groups in total. The van der Waals surface area contributed by atoms with Gasteiger partial charge in [-0.15, -0.1) is 0 Å². The van der Waals surface area contributed by atoms with Gasteiger partial charge in [0.05, 0.1) is 13.0 Å². The molecule has 148 valence electrons. The number of nitrogens with zero attached hydrogens (tertiary/aromatic N) is 1. The number of hydrogen-bond acceptors (Lipinski definition) is 4. The molecule has 5 nitrogen and oxygen atoms in total. The molecule has 1 aromatic carbocycles. The molecule has 2 aromatic rings. The van der Waals surface area contributed by atoms with Crippen LogP contribution in [0.25, 0.3) is 0 Å². The van der Waals surface area contributed by atoms with E-state index in [0.717, 1.165) is 18.5 Å². The smallest absolute Gasteiger partial charge is 0.227 e. The van der Waals surface area contributed by atoms with Crippen molar-refractivity contribution in [3.05, 3.63) is 46.7 Å². The number of ether oxygens (including phenoxy) is 1. The van der Waals surface area contributed by atoms with Crippen molar-refractivity contribution in [2.75, 3.05) is 25.1 Å². The van der Waals surface area contributed by atoms with Crippen LogP contribution in [-0.4, -0.2) is 32.0 Å². The number of anilines is 1. The Labute approximate surface area is 169 Å². The largest absolute Gasteiger partial charge is 0.497 e. The van der Waals surface area contributed by atoms with Gasteiger partial charge in [0.2, 0.25) is 11.8 Å². The van der Waals surface area contributed by atoms with Gasteiger partial charge in [-0.1, -0.05) is 18.9 Å². The topological polar surface area (TPSA) is 58.6 Å². The Kier molecular flexibility index (Phi) is 5.40. The molecule has 6 heteroatoms. The lowest BCUT2D eigenvalue weighted by Gasteiger charge is -2.29. The van der Waals surface area contributed by atoms with E-state index >= 15 is 0 Å². The van der Waals surface area contributed by atoms with Gasteiger partial charge in [0.15, 0.2) is 0 Å². The summed E-state index contributed by atoms with van der Waals surface area (Å²) in [5.74, 6) is 0.374. The molecule has 2 heterocycles. The second-order valence-corrected chi connectivity index (χ2v) is 8.60. The zero-order valence-electron chi connectivity index (χ0n) is 16.1. The molecule has 1 saturated carbocycles. The molecule has 2 amide bonds. The van der Waals surface area contributed by atoms with E-state index in [1.165, 1.54) is 18.4 Å². The van der Waals surface area contributed by atoms with E-state index in [4.69, 9.17) is 4.74 Å². The molecular weight excluding hydrogens is 372 g/mol. The highest BCUT2D eigenvalue weighted by Gasteiger charge is 2.39. The first-order valence-electron chi connectivity index (χ1n) is 9.86. The van der Waals surface area contributed by atoms with Crippen LogP contribution in [0.5, 0.6) is 5.75 Å². The molecule has 0 radical (unpaired) electrons. The van der Waals surface area contributed by atoms with Crippen molar-refractivity contribution in [2.45, 2.75) is 37.5 Å². The number of carbonyl (C=O) groups is 2. The van der Waals surface area contributed by atoms with Crippen LogP contribution in [0.1, 0.15) is 37.7 Å². The Bertz CT molecular complexity index is 843. The predicted molar refractivity (Wildman–Crippen MR) is 111 cm³/mol. The van der Waals surface area contributed by atoms with Gasteiger partial charge in [0, 0.05) is 36.7 Å². The maximum absolute atomic E-state index is 12.8. The van der Waals surface area contributed by atoms with Crippen molar-refractivity contribution < 1.29 is 14.3 Å². The summed E-state index contributed by atoms with van der Waals surface area (Å²) < 4.78 is 5.25. The number of methoxy groups -OCH3 is 1. The first-order valence-corrected chi connectivity index (χ1v) is 10.8. The highest BCUT2D eigenvalue weighted by molar-refractivity contribution is 7.08. The summed E-state index contributed by atoms with van der Waals surface area (Å²) in [4.78, 5) is 27.0. The number of amides is 2. The molecule has 4 rings (SSSR count). The molecule has 1 aliphatic carbocycles. The fourth-order valence-corrected chi connectivity index (χ4v) is 5.28. The molecule has 1 saturated heterocycles. The van der Waals surface area contributed by atoms with Crippen molar-refractivity contribution in [3.8, 4) is 5.75 Å². The number of nitrogens with one attached hydrogen (secondary N) is 1. The highest BCUT2D eigenvalue weighted by atomic mass is 32.1. The van der Waals surface area contributed by atoms with Crippen LogP contribution in [0, 0.1) is 5.92 Å². The van der Waals surface area contributed by atoms with Crippen LogP contribution >= 0.6 is 11.3 Å². The maximum atomic E-state index is 12.8. The van der Waals surface area contributed by atoms with E-state index in [0.29, 0.717) is 18.8 Å². The molecule has 2 fully saturated rings. The van der Waals surface area contributed by atoms with Crippen molar-refractivity contribution in [2.24, 2.45) is 5.92 Å². The van der Waals surface area contributed by atoms with Crippen molar-refractivity contribution in [1.29, 1.82) is 0 Å². The summed E-state index contributed by atoms with van der Waals surface area (Å²) in [7, 11) is 1.60. The molecule has 0 bridgehead atoms. The Hall–Kier alpha value is -2.34. The minimum absolute atomic E-state index is 0.0122. The minimum Gasteiger partial charge on any atom is -0.497 e. The summed E-state index contributed by atoms with van der Waals surface area (Å²) in [5, 5.41) is 7.49. The summed E-state index contributed by atoms with van der Waals surface area (Å²) in [6, 6.07) is 9.61. The Morgan fingerprint density at radius 2 is 2.14 bits per heavy atom. The van der Waals surface area contributed by atoms with Gasteiger partial charge < -0.3 is 15.0 Å². The molecule has 1 aromatic heterocycles. The molecule has 2 aliphatic rings. The summed E-state index contributed by atoms with van der Waals surface area (Å²) in [5.41, 5.74) is 2.19. The lowest BCUT2D eigenvalue weighted by molar-refractivity contribution is -0.126. The van der Waals surface area contributed by atoms with Crippen molar-refractivity contribution in [1.82, 2.24) is 5.32 Å². The van der Waals surface area contributed by atoms with E-state index in [1.54, 1.807) is 23.3 Å². The Morgan fingerprint density at radius 3 is 2.86 bits per heavy atom. The monoisotopic (exact) mass is 398 g/mol. The highest BCUT2D eigenvalue weighted by Crippen LogP contribution is 2.41. The van der Waals surface area contributed by atoms with E-state index in [1.807, 2.05) is 24.3 Å². The van der Waals surface area contributed by atoms with Crippen LogP contribution in [-0.2, 0) is 15.0 Å². The van der Waals surface area contributed by atoms with Crippen molar-refractivity contribution in [3.63, 3.8) is 0 Å². The van der Waals surface area contributed by atoms with Gasteiger partial charge in [0.25, 0.3) is 0 Å². The summed E-state index contributed by atoms with van der Waals surface area (Å²) in [6.07, 6.45) is 4.90. The Balaban J connectivity index is 1.41. The zero-order chi connectivity index (χ0) is 19.6. The number of benzene rings is 1. The minimum atomic E-state index is -0.306. The van der Waals surface area contributed by atoms with E-state index < -0.39 is 0 Å². The predicted octanol–water partition coefficient (Wildman–Crippen LogP) is 3.74. The van der Waals surface area contributed by atoms with Gasteiger partial charge in [-0.2, -0.15) is 11.3 Å². The number of rotatable bonds is 6. The van der Waals surface area contributed by atoms with Gasteiger partial charge in [-0.05, 0) is 47.4 Å². The average Bonchev–Trinajstić information content (AvgIpc) is 3.47.